The van der Waals surface area contributed by atoms with Crippen molar-refractivity contribution in [2.24, 2.45) is 0 Å². The molecule has 3 heterocycles. The zero-order valence-electron chi connectivity index (χ0n) is 13.5. The largest absolute Gasteiger partial charge is 0.338 e. The molecule has 0 saturated carbocycles. The molecule has 0 bridgehead atoms. The van der Waals surface area contributed by atoms with Crippen LogP contribution in [0.1, 0.15) is 62.4 Å². The number of hydrogen-bond acceptors (Lipinski definition) is 4. The second kappa shape index (κ2) is 7.07. The van der Waals surface area contributed by atoms with Gasteiger partial charge in [0.25, 0.3) is 5.91 Å². The molecule has 2 aliphatic rings. The van der Waals surface area contributed by atoms with Crippen molar-refractivity contribution in [2.75, 3.05) is 24.5 Å². The number of aromatic nitrogens is 2. The number of likely N-dealkylation sites (tertiary alicyclic amines) is 1. The average Bonchev–Trinajstić information content (AvgIpc) is 2.62. The van der Waals surface area contributed by atoms with Crippen molar-refractivity contribution >= 4 is 11.9 Å². The molecule has 1 unspecified atom stereocenters. The van der Waals surface area contributed by atoms with Crippen LogP contribution in [-0.2, 0) is 0 Å². The smallest absolute Gasteiger partial charge is 0.272 e. The Labute approximate surface area is 132 Å². The summed E-state index contributed by atoms with van der Waals surface area (Å²) in [5.74, 6) is 0.794. The van der Waals surface area contributed by atoms with Gasteiger partial charge < -0.3 is 9.80 Å². The van der Waals surface area contributed by atoms with Crippen LogP contribution < -0.4 is 4.90 Å². The molecule has 0 spiro atoms. The van der Waals surface area contributed by atoms with Gasteiger partial charge in [-0.05, 0) is 51.0 Å². The molecule has 1 atom stereocenters. The van der Waals surface area contributed by atoms with Gasteiger partial charge in [0.2, 0.25) is 5.95 Å². The third-order valence-electron chi connectivity index (χ3n) is 4.86. The molecule has 1 amide bonds. The van der Waals surface area contributed by atoms with E-state index in [0.717, 1.165) is 44.8 Å². The summed E-state index contributed by atoms with van der Waals surface area (Å²) in [6, 6.07) is 2.26. The van der Waals surface area contributed by atoms with E-state index in [-0.39, 0.29) is 5.91 Å². The Bertz CT molecular complexity index is 513. The van der Waals surface area contributed by atoms with E-state index in [1.54, 1.807) is 12.3 Å². The first-order valence-corrected chi connectivity index (χ1v) is 8.68. The minimum atomic E-state index is 0.0633. The lowest BCUT2D eigenvalue weighted by atomic mass is 10.0. The van der Waals surface area contributed by atoms with Gasteiger partial charge in [-0.3, -0.25) is 4.79 Å². The van der Waals surface area contributed by atoms with Gasteiger partial charge in [-0.15, -0.1) is 0 Å². The van der Waals surface area contributed by atoms with Crippen molar-refractivity contribution in [2.45, 2.75) is 57.9 Å². The maximum atomic E-state index is 12.6. The Hall–Kier alpha value is -1.65. The highest BCUT2D eigenvalue weighted by atomic mass is 16.2. The number of hydrogen-bond donors (Lipinski definition) is 0. The molecule has 1 aromatic heterocycles. The SMILES string of the molecule is CCC1CCCCN1c1nccc(C(=O)N2CCCCC2)n1. The molecular weight excluding hydrogens is 276 g/mol. The van der Waals surface area contributed by atoms with Gasteiger partial charge in [-0.1, -0.05) is 6.92 Å². The zero-order chi connectivity index (χ0) is 15.4. The van der Waals surface area contributed by atoms with E-state index >= 15 is 0 Å². The number of nitrogens with zero attached hydrogens (tertiary/aromatic N) is 4. The van der Waals surface area contributed by atoms with Crippen LogP contribution >= 0.6 is 0 Å². The van der Waals surface area contributed by atoms with Crippen LogP contribution in [-0.4, -0.2) is 46.5 Å². The lowest BCUT2D eigenvalue weighted by Gasteiger charge is -2.35. The zero-order valence-corrected chi connectivity index (χ0v) is 13.5. The normalized spacial score (nSPS) is 22.7. The highest BCUT2D eigenvalue weighted by molar-refractivity contribution is 5.92. The van der Waals surface area contributed by atoms with Gasteiger partial charge in [-0.2, -0.15) is 0 Å². The number of piperidine rings is 2. The van der Waals surface area contributed by atoms with Crippen LogP contribution in [0.3, 0.4) is 0 Å². The summed E-state index contributed by atoms with van der Waals surface area (Å²) in [7, 11) is 0. The van der Waals surface area contributed by atoms with E-state index in [1.165, 1.54) is 25.7 Å². The van der Waals surface area contributed by atoms with E-state index < -0.39 is 0 Å². The van der Waals surface area contributed by atoms with Gasteiger partial charge in [0, 0.05) is 31.9 Å². The van der Waals surface area contributed by atoms with E-state index in [9.17, 15) is 4.79 Å². The summed E-state index contributed by atoms with van der Waals surface area (Å²) in [5, 5.41) is 0. The molecule has 5 nitrogen and oxygen atoms in total. The molecule has 120 valence electrons. The standard InChI is InChI=1S/C17H26N4O/c1-2-14-8-4-7-13-21(14)17-18-10-9-15(19-17)16(22)20-11-5-3-6-12-20/h9-10,14H,2-8,11-13H2,1H3. The van der Waals surface area contributed by atoms with Gasteiger partial charge in [0.15, 0.2) is 0 Å². The summed E-state index contributed by atoms with van der Waals surface area (Å²) in [6.45, 7) is 4.94. The fourth-order valence-corrected chi connectivity index (χ4v) is 3.55. The average molecular weight is 302 g/mol. The van der Waals surface area contributed by atoms with Gasteiger partial charge >= 0.3 is 0 Å². The monoisotopic (exact) mass is 302 g/mol. The van der Waals surface area contributed by atoms with Crippen molar-refractivity contribution < 1.29 is 4.79 Å². The number of rotatable bonds is 3. The number of carbonyl (C=O) groups excluding carboxylic acids is 1. The fourth-order valence-electron chi connectivity index (χ4n) is 3.55. The molecule has 1 aromatic rings. The lowest BCUT2D eigenvalue weighted by Crippen LogP contribution is -2.41. The maximum absolute atomic E-state index is 12.6. The summed E-state index contributed by atoms with van der Waals surface area (Å²) in [4.78, 5) is 25.9. The fraction of sp³-hybridized carbons (Fsp3) is 0.706. The molecule has 5 heteroatoms. The molecule has 2 aliphatic heterocycles. The summed E-state index contributed by atoms with van der Waals surface area (Å²) >= 11 is 0. The van der Waals surface area contributed by atoms with Crippen LogP contribution in [0.4, 0.5) is 5.95 Å². The summed E-state index contributed by atoms with van der Waals surface area (Å²) in [5.41, 5.74) is 0.548. The van der Waals surface area contributed by atoms with Crippen molar-refractivity contribution in [1.29, 1.82) is 0 Å². The van der Waals surface area contributed by atoms with E-state index in [0.29, 0.717) is 11.7 Å². The van der Waals surface area contributed by atoms with Crippen molar-refractivity contribution in [3.63, 3.8) is 0 Å². The van der Waals surface area contributed by atoms with Crippen molar-refractivity contribution in [3.05, 3.63) is 18.0 Å². The predicted molar refractivity (Wildman–Crippen MR) is 87.1 cm³/mol. The van der Waals surface area contributed by atoms with Crippen molar-refractivity contribution in [1.82, 2.24) is 14.9 Å². The van der Waals surface area contributed by atoms with Crippen LogP contribution in [0.15, 0.2) is 12.3 Å². The van der Waals surface area contributed by atoms with Crippen LogP contribution in [0, 0.1) is 0 Å². The Kier molecular flexibility index (Phi) is 4.90. The van der Waals surface area contributed by atoms with E-state index in [2.05, 4.69) is 21.8 Å². The van der Waals surface area contributed by atoms with Crippen LogP contribution in [0.5, 0.6) is 0 Å². The predicted octanol–water partition coefficient (Wildman–Crippen LogP) is 2.87. The lowest BCUT2D eigenvalue weighted by molar-refractivity contribution is 0.0718. The number of amides is 1. The van der Waals surface area contributed by atoms with Crippen LogP contribution in [0.2, 0.25) is 0 Å². The Morgan fingerprint density at radius 3 is 2.73 bits per heavy atom. The second-order valence-corrected chi connectivity index (χ2v) is 6.35. The Morgan fingerprint density at radius 2 is 1.95 bits per heavy atom. The van der Waals surface area contributed by atoms with Crippen molar-refractivity contribution in [3.8, 4) is 0 Å². The Balaban J connectivity index is 1.78. The molecule has 0 N–H and O–H groups in total. The first-order valence-electron chi connectivity index (χ1n) is 8.68. The topological polar surface area (TPSA) is 49.3 Å². The third kappa shape index (κ3) is 3.23. The van der Waals surface area contributed by atoms with E-state index in [4.69, 9.17) is 0 Å². The first-order chi connectivity index (χ1) is 10.8. The molecule has 22 heavy (non-hydrogen) atoms. The minimum Gasteiger partial charge on any atom is -0.338 e. The molecule has 2 fully saturated rings. The minimum absolute atomic E-state index is 0.0633. The quantitative estimate of drug-likeness (QED) is 0.861. The van der Waals surface area contributed by atoms with Gasteiger partial charge in [0.1, 0.15) is 5.69 Å². The molecule has 2 saturated heterocycles. The molecule has 0 aromatic carbocycles. The highest BCUT2D eigenvalue weighted by Gasteiger charge is 2.25. The molecule has 0 aliphatic carbocycles. The van der Waals surface area contributed by atoms with Gasteiger partial charge in [-0.25, -0.2) is 9.97 Å². The summed E-state index contributed by atoms with van der Waals surface area (Å²) < 4.78 is 0. The van der Waals surface area contributed by atoms with Gasteiger partial charge in [0.05, 0.1) is 0 Å². The van der Waals surface area contributed by atoms with E-state index in [1.807, 2.05) is 4.90 Å². The third-order valence-corrected chi connectivity index (χ3v) is 4.86. The summed E-state index contributed by atoms with van der Waals surface area (Å²) in [6.07, 6.45) is 9.94. The molecular formula is C17H26N4O. The highest BCUT2D eigenvalue weighted by Crippen LogP contribution is 2.24. The maximum Gasteiger partial charge on any atom is 0.272 e. The molecule has 3 rings (SSSR count). The number of anilines is 1. The number of carbonyl (C=O) groups is 1. The Morgan fingerprint density at radius 1 is 1.18 bits per heavy atom. The first kappa shape index (κ1) is 15.3. The molecule has 0 radical (unpaired) electrons. The van der Waals surface area contributed by atoms with Crippen LogP contribution in [0.25, 0.3) is 0 Å². The second-order valence-electron chi connectivity index (χ2n) is 6.35.